The number of hydrogen-bond donors (Lipinski definition) is 0. The van der Waals surface area contributed by atoms with Gasteiger partial charge in [0.1, 0.15) is 0 Å². The van der Waals surface area contributed by atoms with Crippen molar-refractivity contribution < 1.29 is 8.42 Å². The van der Waals surface area contributed by atoms with Crippen LogP contribution in [0, 0.1) is 11.3 Å². The van der Waals surface area contributed by atoms with Gasteiger partial charge in [-0.15, -0.1) is 23.2 Å². The van der Waals surface area contributed by atoms with Crippen LogP contribution in [0.5, 0.6) is 0 Å². The number of sulfone groups is 1. The van der Waals surface area contributed by atoms with Crippen LogP contribution in [-0.4, -0.2) is 31.7 Å². The predicted molar refractivity (Wildman–Crippen MR) is 93.5 cm³/mol. The second kappa shape index (κ2) is 6.96. The van der Waals surface area contributed by atoms with Gasteiger partial charge in [0.05, 0.1) is 11.5 Å². The molecule has 0 spiro atoms. The van der Waals surface area contributed by atoms with Gasteiger partial charge in [0.25, 0.3) is 0 Å². The third-order valence-electron chi connectivity index (χ3n) is 4.19. The summed E-state index contributed by atoms with van der Waals surface area (Å²) < 4.78 is 24.4. The molecule has 0 amide bonds. The van der Waals surface area contributed by atoms with Crippen LogP contribution >= 0.6 is 50.7 Å². The Hall–Kier alpha value is 0.520. The van der Waals surface area contributed by atoms with Crippen molar-refractivity contribution in [3.8, 4) is 0 Å². The third kappa shape index (κ3) is 4.08. The summed E-state index contributed by atoms with van der Waals surface area (Å²) in [7, 11) is -2.97. The topological polar surface area (TPSA) is 34.1 Å². The zero-order chi connectivity index (χ0) is 15.7. The minimum absolute atomic E-state index is 0.0165. The monoisotopic (exact) mass is 432 g/mol. The summed E-state index contributed by atoms with van der Waals surface area (Å²) in [5, 5.41) is 0.643. The first-order valence-electron chi connectivity index (χ1n) is 6.58. The second-order valence-electron chi connectivity index (χ2n) is 5.64. The Morgan fingerprint density at radius 1 is 1.29 bits per heavy atom. The van der Waals surface area contributed by atoms with E-state index in [0.29, 0.717) is 29.6 Å². The van der Waals surface area contributed by atoms with Gasteiger partial charge in [0.15, 0.2) is 9.84 Å². The Balaban J connectivity index is 2.30. The van der Waals surface area contributed by atoms with Crippen LogP contribution in [0.2, 0.25) is 5.02 Å². The lowest BCUT2D eigenvalue weighted by Crippen LogP contribution is -2.37. The summed E-state index contributed by atoms with van der Waals surface area (Å²) in [5.74, 6) is 1.02. The van der Waals surface area contributed by atoms with E-state index < -0.39 is 15.3 Å². The van der Waals surface area contributed by atoms with Gasteiger partial charge in [0.2, 0.25) is 0 Å². The molecule has 1 fully saturated rings. The Labute approximate surface area is 149 Å². The van der Waals surface area contributed by atoms with Crippen LogP contribution < -0.4 is 0 Å². The Bertz CT molecular complexity index is 615. The zero-order valence-corrected chi connectivity index (χ0v) is 16.0. The van der Waals surface area contributed by atoms with E-state index in [0.717, 1.165) is 10.0 Å². The molecule has 1 atom stereocenters. The molecule has 2 rings (SSSR count). The molecule has 0 aliphatic carbocycles. The molecule has 0 saturated carbocycles. The standard InChI is InChI=1S/C14H16BrCl3O2S/c15-12-2-1-10(13(18)5-12)6-14(8-16,9-17)11-3-4-21(19,20)7-11/h1-2,5,11H,3-4,6-9H2. The van der Waals surface area contributed by atoms with Crippen molar-refractivity contribution >= 4 is 60.6 Å². The van der Waals surface area contributed by atoms with Gasteiger partial charge in [-0.25, -0.2) is 8.42 Å². The molecule has 1 heterocycles. The van der Waals surface area contributed by atoms with Crippen molar-refractivity contribution in [2.45, 2.75) is 12.8 Å². The molecule has 1 aliphatic heterocycles. The molecule has 0 radical (unpaired) electrons. The molecule has 118 valence electrons. The molecule has 0 N–H and O–H groups in total. The Morgan fingerprint density at radius 3 is 2.43 bits per heavy atom. The number of halogens is 4. The van der Waals surface area contributed by atoms with Gasteiger partial charge >= 0.3 is 0 Å². The first-order chi connectivity index (χ1) is 9.82. The van der Waals surface area contributed by atoms with Crippen LogP contribution in [0.4, 0.5) is 0 Å². The van der Waals surface area contributed by atoms with Crippen molar-refractivity contribution in [3.05, 3.63) is 33.3 Å². The molecular weight excluding hydrogens is 418 g/mol. The van der Waals surface area contributed by atoms with Crippen molar-refractivity contribution in [1.29, 1.82) is 0 Å². The van der Waals surface area contributed by atoms with Crippen molar-refractivity contribution in [2.75, 3.05) is 23.3 Å². The molecule has 1 aromatic carbocycles. The fourth-order valence-corrected chi connectivity index (χ4v) is 6.41. The largest absolute Gasteiger partial charge is 0.229 e. The fourth-order valence-electron chi connectivity index (χ4n) is 2.82. The number of alkyl halides is 2. The molecule has 0 bridgehead atoms. The SMILES string of the molecule is O=S1(=O)CCC(C(CCl)(CCl)Cc2ccc(Br)cc2Cl)C1. The van der Waals surface area contributed by atoms with Crippen LogP contribution in [0.15, 0.2) is 22.7 Å². The van der Waals surface area contributed by atoms with E-state index in [4.69, 9.17) is 34.8 Å². The zero-order valence-electron chi connectivity index (χ0n) is 11.3. The first-order valence-corrected chi connectivity index (χ1v) is 10.6. The molecule has 1 saturated heterocycles. The maximum absolute atomic E-state index is 11.8. The molecule has 0 aromatic heterocycles. The highest BCUT2D eigenvalue weighted by Crippen LogP contribution is 2.42. The lowest BCUT2D eigenvalue weighted by Gasteiger charge is -2.35. The van der Waals surface area contributed by atoms with Gasteiger partial charge in [-0.3, -0.25) is 0 Å². The highest BCUT2D eigenvalue weighted by Gasteiger charge is 2.44. The molecular formula is C14H16BrCl3O2S. The third-order valence-corrected chi connectivity index (χ3v) is 7.87. The minimum atomic E-state index is -2.97. The highest BCUT2D eigenvalue weighted by atomic mass is 79.9. The Morgan fingerprint density at radius 2 is 1.95 bits per heavy atom. The van der Waals surface area contributed by atoms with E-state index in [9.17, 15) is 8.42 Å². The average molecular weight is 435 g/mol. The highest BCUT2D eigenvalue weighted by molar-refractivity contribution is 9.10. The van der Waals surface area contributed by atoms with Crippen LogP contribution in [0.1, 0.15) is 12.0 Å². The van der Waals surface area contributed by atoms with E-state index in [1.807, 2.05) is 18.2 Å². The van der Waals surface area contributed by atoms with Gasteiger partial charge < -0.3 is 0 Å². The van der Waals surface area contributed by atoms with Crippen molar-refractivity contribution in [3.63, 3.8) is 0 Å². The van der Waals surface area contributed by atoms with Crippen molar-refractivity contribution in [2.24, 2.45) is 11.3 Å². The minimum Gasteiger partial charge on any atom is -0.229 e. The van der Waals surface area contributed by atoms with E-state index in [1.165, 1.54) is 0 Å². The number of benzene rings is 1. The molecule has 7 heteroatoms. The maximum atomic E-state index is 11.8. The molecule has 1 unspecified atom stereocenters. The van der Waals surface area contributed by atoms with Gasteiger partial charge in [-0.1, -0.05) is 33.6 Å². The second-order valence-corrected chi connectivity index (χ2v) is 9.73. The van der Waals surface area contributed by atoms with Gasteiger partial charge in [-0.05, 0) is 36.5 Å². The van der Waals surface area contributed by atoms with E-state index >= 15 is 0 Å². The van der Waals surface area contributed by atoms with E-state index in [2.05, 4.69) is 15.9 Å². The van der Waals surface area contributed by atoms with Gasteiger partial charge in [-0.2, -0.15) is 0 Å². The van der Waals surface area contributed by atoms with Crippen molar-refractivity contribution in [1.82, 2.24) is 0 Å². The summed E-state index contributed by atoms with van der Waals surface area (Å²) in [4.78, 5) is 0. The smallest absolute Gasteiger partial charge is 0.150 e. The van der Waals surface area contributed by atoms with E-state index in [-0.39, 0.29) is 17.4 Å². The molecule has 21 heavy (non-hydrogen) atoms. The van der Waals surface area contributed by atoms with Crippen LogP contribution in [0.3, 0.4) is 0 Å². The maximum Gasteiger partial charge on any atom is 0.150 e. The number of hydrogen-bond acceptors (Lipinski definition) is 2. The lowest BCUT2D eigenvalue weighted by atomic mass is 9.73. The summed E-state index contributed by atoms with van der Waals surface area (Å²) in [5.41, 5.74) is 0.509. The molecule has 1 aromatic rings. The first kappa shape index (κ1) is 17.9. The fraction of sp³-hybridized carbons (Fsp3) is 0.571. The molecule has 1 aliphatic rings. The summed E-state index contributed by atoms with van der Waals surface area (Å²) in [6.45, 7) is 0. The normalized spacial score (nSPS) is 21.6. The lowest BCUT2D eigenvalue weighted by molar-refractivity contribution is 0.245. The van der Waals surface area contributed by atoms with Crippen LogP contribution in [-0.2, 0) is 16.3 Å². The summed E-state index contributed by atoms with van der Waals surface area (Å²) in [6, 6.07) is 5.68. The predicted octanol–water partition coefficient (Wildman–Crippen LogP) is 4.54. The summed E-state index contributed by atoms with van der Waals surface area (Å²) in [6.07, 6.45) is 1.21. The van der Waals surface area contributed by atoms with Crippen LogP contribution in [0.25, 0.3) is 0 Å². The average Bonchev–Trinajstić information content (AvgIpc) is 2.79. The Kier molecular flexibility index (Phi) is 5.92. The van der Waals surface area contributed by atoms with Gasteiger partial charge in [0, 0.05) is 26.7 Å². The summed E-state index contributed by atoms with van der Waals surface area (Å²) >= 11 is 22.1. The number of rotatable bonds is 5. The van der Waals surface area contributed by atoms with E-state index in [1.54, 1.807) is 0 Å². The molecule has 2 nitrogen and oxygen atoms in total. The quantitative estimate of drug-likeness (QED) is 0.638.